The van der Waals surface area contributed by atoms with Crippen molar-refractivity contribution in [2.24, 2.45) is 0 Å². The van der Waals surface area contributed by atoms with Crippen LogP contribution in [0.5, 0.6) is 0 Å². The van der Waals surface area contributed by atoms with Crippen molar-refractivity contribution in [3.8, 4) is 0 Å². The fourth-order valence-electron chi connectivity index (χ4n) is 2.02. The molecular formula is C17H17ClN2OS. The van der Waals surface area contributed by atoms with Gasteiger partial charge in [-0.3, -0.25) is 4.79 Å². The number of hydrogen-bond acceptors (Lipinski definition) is 2. The molecule has 0 spiro atoms. The van der Waals surface area contributed by atoms with Crippen LogP contribution in [0.25, 0.3) is 0 Å². The Labute approximate surface area is 140 Å². The van der Waals surface area contributed by atoms with E-state index in [0.29, 0.717) is 23.0 Å². The summed E-state index contributed by atoms with van der Waals surface area (Å²) >= 11 is 11.2. The van der Waals surface area contributed by atoms with E-state index in [1.165, 1.54) is 0 Å². The third-order valence-corrected chi connectivity index (χ3v) is 3.68. The van der Waals surface area contributed by atoms with Crippen LogP contribution in [-0.2, 0) is 11.2 Å². The normalized spacial score (nSPS) is 10.1. The van der Waals surface area contributed by atoms with E-state index < -0.39 is 0 Å². The van der Waals surface area contributed by atoms with E-state index in [-0.39, 0.29) is 5.91 Å². The third kappa shape index (κ3) is 5.13. The van der Waals surface area contributed by atoms with Crippen LogP contribution in [0.2, 0.25) is 5.02 Å². The number of carbonyl (C=O) groups is 1. The lowest BCUT2D eigenvalue weighted by Gasteiger charge is -2.10. The zero-order chi connectivity index (χ0) is 15.9. The molecule has 114 valence electrons. The molecule has 0 aliphatic heterocycles. The molecule has 0 heterocycles. The van der Waals surface area contributed by atoms with E-state index in [1.807, 2.05) is 55.5 Å². The molecule has 0 saturated heterocycles. The third-order valence-electron chi connectivity index (χ3n) is 3.11. The predicted molar refractivity (Wildman–Crippen MR) is 95.3 cm³/mol. The fourth-order valence-corrected chi connectivity index (χ4v) is 2.49. The highest BCUT2D eigenvalue weighted by atomic mass is 35.5. The van der Waals surface area contributed by atoms with Crippen molar-refractivity contribution < 1.29 is 4.79 Å². The van der Waals surface area contributed by atoms with Gasteiger partial charge in [-0.1, -0.05) is 41.9 Å². The summed E-state index contributed by atoms with van der Waals surface area (Å²) in [4.78, 5) is 11.9. The summed E-state index contributed by atoms with van der Waals surface area (Å²) < 4.78 is 0. The average molecular weight is 333 g/mol. The molecule has 0 aliphatic rings. The molecule has 0 aromatic heterocycles. The van der Waals surface area contributed by atoms with Crippen molar-refractivity contribution >= 4 is 40.5 Å². The molecule has 22 heavy (non-hydrogen) atoms. The fraction of sp³-hybridized carbons (Fsp3) is 0.176. The number of rotatable bonds is 4. The molecule has 2 aromatic carbocycles. The zero-order valence-corrected chi connectivity index (χ0v) is 13.8. The number of hydrogen-bond donors (Lipinski definition) is 2. The van der Waals surface area contributed by atoms with E-state index in [1.54, 1.807) is 0 Å². The summed E-state index contributed by atoms with van der Waals surface area (Å²) in [7, 11) is 0. The first kappa shape index (κ1) is 16.5. The molecule has 0 fully saturated rings. The molecule has 0 radical (unpaired) electrons. The van der Waals surface area contributed by atoms with Gasteiger partial charge < -0.3 is 10.6 Å². The molecule has 2 rings (SSSR count). The van der Waals surface area contributed by atoms with Crippen LogP contribution in [0.15, 0.2) is 48.5 Å². The van der Waals surface area contributed by atoms with Crippen LogP contribution in [0, 0.1) is 6.92 Å². The number of nitrogens with one attached hydrogen (secondary N) is 2. The second-order valence-corrected chi connectivity index (χ2v) is 5.78. The summed E-state index contributed by atoms with van der Waals surface area (Å²) in [6, 6.07) is 15.3. The van der Waals surface area contributed by atoms with E-state index in [4.69, 9.17) is 23.8 Å². The standard InChI is InChI=1S/C17H17ClN2OS/c1-12-5-4-7-14(11-12)19-17(22)20-16(21)10-9-13-6-2-3-8-15(13)18/h2-8,11H,9-10H2,1H3,(H2,19,20,21,22). The summed E-state index contributed by atoms with van der Waals surface area (Å²) in [6.07, 6.45) is 0.915. The monoisotopic (exact) mass is 332 g/mol. The lowest BCUT2D eigenvalue weighted by Crippen LogP contribution is -2.34. The summed E-state index contributed by atoms with van der Waals surface area (Å²) in [5.74, 6) is -0.134. The maximum atomic E-state index is 11.9. The number of aryl methyl sites for hydroxylation is 2. The van der Waals surface area contributed by atoms with Gasteiger partial charge in [0.15, 0.2) is 5.11 Å². The zero-order valence-electron chi connectivity index (χ0n) is 12.2. The molecule has 3 nitrogen and oxygen atoms in total. The largest absolute Gasteiger partial charge is 0.332 e. The van der Waals surface area contributed by atoms with Crippen LogP contribution in [0.3, 0.4) is 0 Å². The molecule has 1 amide bonds. The Morgan fingerprint density at radius 2 is 1.95 bits per heavy atom. The van der Waals surface area contributed by atoms with Crippen LogP contribution in [0.1, 0.15) is 17.5 Å². The van der Waals surface area contributed by atoms with Crippen molar-refractivity contribution in [2.45, 2.75) is 19.8 Å². The van der Waals surface area contributed by atoms with E-state index in [2.05, 4.69) is 10.6 Å². The lowest BCUT2D eigenvalue weighted by molar-refractivity contribution is -0.119. The molecule has 5 heteroatoms. The van der Waals surface area contributed by atoms with Crippen LogP contribution < -0.4 is 10.6 Å². The van der Waals surface area contributed by atoms with Crippen LogP contribution in [0.4, 0.5) is 5.69 Å². The maximum Gasteiger partial charge on any atom is 0.226 e. The molecular weight excluding hydrogens is 316 g/mol. The Bertz CT molecular complexity index is 688. The van der Waals surface area contributed by atoms with Gasteiger partial charge in [0, 0.05) is 17.1 Å². The number of anilines is 1. The van der Waals surface area contributed by atoms with E-state index >= 15 is 0 Å². The van der Waals surface area contributed by atoms with Crippen LogP contribution in [-0.4, -0.2) is 11.0 Å². The molecule has 0 unspecified atom stereocenters. The van der Waals surface area contributed by atoms with Gasteiger partial charge in [-0.25, -0.2) is 0 Å². The first-order chi connectivity index (χ1) is 10.5. The van der Waals surface area contributed by atoms with Gasteiger partial charge in [0.25, 0.3) is 0 Å². The van der Waals surface area contributed by atoms with Gasteiger partial charge in [0.05, 0.1) is 0 Å². The van der Waals surface area contributed by atoms with Crippen molar-refractivity contribution in [2.75, 3.05) is 5.32 Å². The maximum absolute atomic E-state index is 11.9. The summed E-state index contributed by atoms with van der Waals surface area (Å²) in [5.41, 5.74) is 2.94. The van der Waals surface area contributed by atoms with Gasteiger partial charge in [-0.05, 0) is 54.9 Å². The van der Waals surface area contributed by atoms with E-state index in [9.17, 15) is 4.79 Å². The van der Waals surface area contributed by atoms with Crippen molar-refractivity contribution in [1.82, 2.24) is 5.32 Å². The Morgan fingerprint density at radius 1 is 1.18 bits per heavy atom. The number of halogens is 1. The van der Waals surface area contributed by atoms with Crippen LogP contribution >= 0.6 is 23.8 Å². The lowest BCUT2D eigenvalue weighted by atomic mass is 10.1. The predicted octanol–water partition coefficient (Wildman–Crippen LogP) is 4.09. The van der Waals surface area contributed by atoms with E-state index in [0.717, 1.165) is 16.8 Å². The summed E-state index contributed by atoms with van der Waals surface area (Å²) in [5, 5.41) is 6.65. The minimum absolute atomic E-state index is 0.134. The van der Waals surface area contributed by atoms with Gasteiger partial charge in [0.1, 0.15) is 0 Å². The second-order valence-electron chi connectivity index (χ2n) is 4.96. The van der Waals surface area contributed by atoms with Gasteiger partial charge in [0.2, 0.25) is 5.91 Å². The average Bonchev–Trinajstić information content (AvgIpc) is 2.46. The minimum Gasteiger partial charge on any atom is -0.332 e. The quantitative estimate of drug-likeness (QED) is 0.828. The molecule has 0 saturated carbocycles. The van der Waals surface area contributed by atoms with Gasteiger partial charge in [-0.2, -0.15) is 0 Å². The molecule has 2 aromatic rings. The van der Waals surface area contributed by atoms with Crippen molar-refractivity contribution in [3.63, 3.8) is 0 Å². The first-order valence-electron chi connectivity index (χ1n) is 6.95. The Hall–Kier alpha value is -1.91. The number of benzene rings is 2. The summed E-state index contributed by atoms with van der Waals surface area (Å²) in [6.45, 7) is 2.00. The molecule has 0 aliphatic carbocycles. The van der Waals surface area contributed by atoms with Crippen molar-refractivity contribution in [3.05, 3.63) is 64.7 Å². The SMILES string of the molecule is Cc1cccc(NC(=S)NC(=O)CCc2ccccc2Cl)c1. The molecule has 0 atom stereocenters. The van der Waals surface area contributed by atoms with Crippen molar-refractivity contribution in [1.29, 1.82) is 0 Å². The minimum atomic E-state index is -0.134. The first-order valence-corrected chi connectivity index (χ1v) is 7.74. The number of thiocarbonyl (C=S) groups is 1. The van der Waals surface area contributed by atoms with Gasteiger partial charge >= 0.3 is 0 Å². The topological polar surface area (TPSA) is 41.1 Å². The Balaban J connectivity index is 1.82. The highest BCUT2D eigenvalue weighted by Crippen LogP contribution is 2.16. The second kappa shape index (κ2) is 7.92. The smallest absolute Gasteiger partial charge is 0.226 e. The number of amides is 1. The Morgan fingerprint density at radius 3 is 2.68 bits per heavy atom. The Kier molecular flexibility index (Phi) is 5.92. The highest BCUT2D eigenvalue weighted by molar-refractivity contribution is 7.80. The highest BCUT2D eigenvalue weighted by Gasteiger charge is 2.07. The molecule has 0 bridgehead atoms. The number of carbonyl (C=O) groups excluding carboxylic acids is 1. The molecule has 2 N–H and O–H groups in total. The van der Waals surface area contributed by atoms with Gasteiger partial charge in [-0.15, -0.1) is 0 Å².